The van der Waals surface area contributed by atoms with Gasteiger partial charge in [-0.15, -0.1) is 0 Å². The number of nitrogens with zero attached hydrogens (tertiary/aromatic N) is 1. The second-order valence-electron chi connectivity index (χ2n) is 2.53. The molecule has 2 nitrogen and oxygen atoms in total. The quantitative estimate of drug-likeness (QED) is 0.701. The maximum absolute atomic E-state index is 9.37. The Kier molecular flexibility index (Phi) is 2.95. The molecule has 2 atom stereocenters. The molecule has 0 aromatic carbocycles. The van der Waals surface area contributed by atoms with Crippen molar-refractivity contribution in [1.82, 2.24) is 4.98 Å². The Morgan fingerprint density at radius 3 is 2.73 bits per heavy atom. The van der Waals surface area contributed by atoms with Gasteiger partial charge in [-0.25, -0.2) is 0 Å². The summed E-state index contributed by atoms with van der Waals surface area (Å²) >= 11 is 0. The van der Waals surface area contributed by atoms with Crippen LogP contribution in [-0.4, -0.2) is 15.2 Å². The normalized spacial score (nSPS) is 11.5. The lowest BCUT2D eigenvalue weighted by molar-refractivity contribution is 0.229. The van der Waals surface area contributed by atoms with Crippen molar-refractivity contribution in [3.63, 3.8) is 0 Å². The van der Waals surface area contributed by atoms with Crippen LogP contribution < -0.4 is 0 Å². The molecule has 1 rings (SSSR count). The molecule has 0 aliphatic rings. The Morgan fingerprint density at radius 1 is 1.55 bits per heavy atom. The summed E-state index contributed by atoms with van der Waals surface area (Å²) in [6.07, 6.45) is 4.05. The highest BCUT2D eigenvalue weighted by Crippen LogP contribution is 2.26. The second-order valence-corrected chi connectivity index (χ2v) is 5.20. The highest BCUT2D eigenvalue weighted by Gasteiger charge is 2.12. The largest absolute Gasteiger partial charge is 0.382 e. The van der Waals surface area contributed by atoms with E-state index in [1.807, 2.05) is 12.1 Å². The topological polar surface area (TPSA) is 33.1 Å². The Hall–Kier alpha value is -0.0300. The van der Waals surface area contributed by atoms with E-state index in [1.54, 1.807) is 12.4 Å². The predicted molar refractivity (Wildman–Crippen MR) is 52.3 cm³/mol. The molecule has 0 amide bonds. The molecule has 0 aliphatic carbocycles. The van der Waals surface area contributed by atoms with Crippen LogP contribution in [0.4, 0.5) is 0 Å². The van der Waals surface area contributed by atoms with Gasteiger partial charge in [0.15, 0.2) is 0 Å². The third-order valence-electron chi connectivity index (χ3n) is 1.21. The van der Waals surface area contributed by atoms with Crippen LogP contribution in [0.2, 0.25) is 0 Å². The van der Waals surface area contributed by atoms with E-state index >= 15 is 0 Å². The van der Waals surface area contributed by atoms with Crippen LogP contribution >= 0.6 is 18.5 Å². The van der Waals surface area contributed by atoms with Gasteiger partial charge in [-0.3, -0.25) is 4.98 Å². The molecule has 0 radical (unpaired) electrons. The molecule has 11 heavy (non-hydrogen) atoms. The molecule has 2 unspecified atom stereocenters. The van der Waals surface area contributed by atoms with Crippen molar-refractivity contribution in [2.45, 2.75) is 11.5 Å². The lowest BCUT2D eigenvalue weighted by atomic mass is 10.2. The smallest absolute Gasteiger partial charge is 0.0946 e. The summed E-state index contributed by atoms with van der Waals surface area (Å²) in [6.45, 7) is 0. The maximum atomic E-state index is 9.37. The lowest BCUT2D eigenvalue weighted by Gasteiger charge is -2.15. The van der Waals surface area contributed by atoms with E-state index in [-0.39, 0.29) is 0 Å². The molecule has 1 N–H and O–H groups in total. The van der Waals surface area contributed by atoms with Crippen molar-refractivity contribution in [1.29, 1.82) is 0 Å². The molecule has 1 aromatic heterocycles. The van der Waals surface area contributed by atoms with Crippen LogP contribution in [0.15, 0.2) is 24.5 Å². The van der Waals surface area contributed by atoms with Crippen LogP contribution in [0.25, 0.3) is 0 Å². The van der Waals surface area contributed by atoms with Gasteiger partial charge in [0.2, 0.25) is 0 Å². The van der Waals surface area contributed by atoms with Crippen molar-refractivity contribution in [3.05, 3.63) is 30.1 Å². The molecule has 0 saturated carbocycles. The van der Waals surface area contributed by atoms with E-state index in [0.29, 0.717) is 6.42 Å². The van der Waals surface area contributed by atoms with Gasteiger partial charge in [-0.2, -0.15) is 0 Å². The molecule has 0 fully saturated rings. The Bertz CT molecular complexity index is 220. The first-order valence-corrected chi connectivity index (χ1v) is 4.42. The van der Waals surface area contributed by atoms with Gasteiger partial charge in [-0.1, -0.05) is 24.5 Å². The van der Waals surface area contributed by atoms with Crippen LogP contribution in [0.3, 0.4) is 0 Å². The third-order valence-corrected chi connectivity index (χ3v) is 1.62. The summed E-state index contributed by atoms with van der Waals surface area (Å²) in [5.74, 6) is 0. The van der Waals surface area contributed by atoms with Crippen molar-refractivity contribution in [2.24, 2.45) is 0 Å². The first kappa shape index (κ1) is 9.06. The summed E-state index contributed by atoms with van der Waals surface area (Å²) in [6, 6.07) is 3.79. The fourth-order valence-corrected chi connectivity index (χ4v) is 1.30. The van der Waals surface area contributed by atoms with E-state index in [0.717, 1.165) is 5.56 Å². The molecule has 4 heteroatoms. The fourth-order valence-electron chi connectivity index (χ4n) is 0.830. The highest BCUT2D eigenvalue weighted by atomic mass is 31.1. The Labute approximate surface area is 70.8 Å². The molecule has 1 aromatic rings. The predicted octanol–water partition coefficient (Wildman–Crippen LogP) is 1.02. The zero-order chi connectivity index (χ0) is 8.32. The minimum Gasteiger partial charge on any atom is -0.382 e. The van der Waals surface area contributed by atoms with Crippen molar-refractivity contribution in [3.8, 4) is 0 Å². The first-order valence-electron chi connectivity index (χ1n) is 3.27. The minimum atomic E-state index is -0.803. The second kappa shape index (κ2) is 3.58. The molecule has 0 spiro atoms. The minimum absolute atomic E-state index is 0.580. The average Bonchev–Trinajstić information content (AvgIpc) is 1.85. The molecule has 60 valence electrons. The highest BCUT2D eigenvalue weighted by molar-refractivity contribution is 7.39. The lowest BCUT2D eigenvalue weighted by Crippen LogP contribution is -2.12. The van der Waals surface area contributed by atoms with E-state index in [4.69, 9.17) is 0 Å². The van der Waals surface area contributed by atoms with E-state index < -0.39 is 5.08 Å². The van der Waals surface area contributed by atoms with Gasteiger partial charge in [0.1, 0.15) is 0 Å². The SMILES string of the molecule is OC(P)(P)Cc1cccnc1. The Morgan fingerprint density at radius 2 is 2.27 bits per heavy atom. The monoisotopic (exact) mass is 187 g/mol. The van der Waals surface area contributed by atoms with Gasteiger partial charge >= 0.3 is 0 Å². The van der Waals surface area contributed by atoms with Crippen LogP contribution in [0.1, 0.15) is 5.56 Å². The fraction of sp³-hybridized carbons (Fsp3) is 0.286. The van der Waals surface area contributed by atoms with Crippen molar-refractivity contribution in [2.75, 3.05) is 0 Å². The third kappa shape index (κ3) is 3.76. The average molecular weight is 187 g/mol. The number of rotatable bonds is 2. The van der Waals surface area contributed by atoms with Crippen LogP contribution in [0.5, 0.6) is 0 Å². The van der Waals surface area contributed by atoms with Gasteiger partial charge in [0.05, 0.1) is 5.08 Å². The summed E-state index contributed by atoms with van der Waals surface area (Å²) in [4.78, 5) is 3.94. The molecule has 1 heterocycles. The van der Waals surface area contributed by atoms with Gasteiger partial charge in [0, 0.05) is 18.8 Å². The maximum Gasteiger partial charge on any atom is 0.0946 e. The van der Waals surface area contributed by atoms with Gasteiger partial charge in [0.25, 0.3) is 0 Å². The summed E-state index contributed by atoms with van der Waals surface area (Å²) < 4.78 is 0. The first-order chi connectivity index (χ1) is 5.08. The molecular weight excluding hydrogens is 176 g/mol. The molecule has 0 aliphatic heterocycles. The van der Waals surface area contributed by atoms with Gasteiger partial charge in [-0.05, 0) is 11.6 Å². The van der Waals surface area contributed by atoms with Crippen LogP contribution in [0, 0.1) is 0 Å². The van der Waals surface area contributed by atoms with Crippen LogP contribution in [-0.2, 0) is 6.42 Å². The molecule has 0 bridgehead atoms. The van der Waals surface area contributed by atoms with Gasteiger partial charge < -0.3 is 5.11 Å². The standard InChI is InChI=1S/C7H11NOP2/c9-7(10,11)4-6-2-1-3-8-5-6/h1-3,5,9H,4,10-11H2. The van der Waals surface area contributed by atoms with E-state index in [9.17, 15) is 5.11 Å². The van der Waals surface area contributed by atoms with E-state index in [1.165, 1.54) is 0 Å². The Balaban J connectivity index is 2.66. The molecular formula is C7H11NOP2. The number of aromatic nitrogens is 1. The molecule has 0 saturated heterocycles. The zero-order valence-corrected chi connectivity index (χ0v) is 8.38. The summed E-state index contributed by atoms with van der Waals surface area (Å²) in [7, 11) is 4.71. The summed E-state index contributed by atoms with van der Waals surface area (Å²) in [5.41, 5.74) is 1.03. The zero-order valence-electron chi connectivity index (χ0n) is 6.07. The number of hydrogen-bond acceptors (Lipinski definition) is 2. The number of pyridine rings is 1. The van der Waals surface area contributed by atoms with Crippen molar-refractivity contribution >= 4 is 18.5 Å². The summed E-state index contributed by atoms with van der Waals surface area (Å²) in [5, 5.41) is 8.57. The number of aliphatic hydroxyl groups is 1. The van der Waals surface area contributed by atoms with E-state index in [2.05, 4.69) is 23.5 Å². The number of hydrogen-bond donors (Lipinski definition) is 1. The van der Waals surface area contributed by atoms with Crippen molar-refractivity contribution < 1.29 is 5.11 Å².